The Morgan fingerprint density at radius 1 is 1.10 bits per heavy atom. The van der Waals surface area contributed by atoms with Gasteiger partial charge >= 0.3 is 12.2 Å². The van der Waals surface area contributed by atoms with Crippen LogP contribution in [0.1, 0.15) is 19.4 Å². The minimum atomic E-state index is -0.584. The summed E-state index contributed by atoms with van der Waals surface area (Å²) in [6, 6.07) is 9.56. The Bertz CT molecular complexity index is 542. The minimum Gasteiger partial charge on any atom is -0.448 e. The standard InChI is InChI=1S/C15H18N2O4/c1-3-20-14(18)16-11-13(17(16)15(19)21-4-2)10-12-8-6-5-7-9-12/h5-10H,3-4,11H2,1-2H3/b13-10+. The first-order valence-corrected chi connectivity index (χ1v) is 6.84. The van der Waals surface area contributed by atoms with E-state index in [0.717, 1.165) is 5.56 Å². The van der Waals surface area contributed by atoms with Crippen molar-refractivity contribution in [2.75, 3.05) is 19.8 Å². The van der Waals surface area contributed by atoms with Crippen LogP contribution in [0.15, 0.2) is 36.0 Å². The lowest BCUT2D eigenvalue weighted by molar-refractivity contribution is -0.0417. The van der Waals surface area contributed by atoms with Gasteiger partial charge in [0.15, 0.2) is 0 Å². The van der Waals surface area contributed by atoms with Crippen LogP contribution in [-0.4, -0.2) is 42.0 Å². The van der Waals surface area contributed by atoms with Gasteiger partial charge in [-0.05, 0) is 25.5 Å². The number of carbonyl (C=O) groups excluding carboxylic acids is 2. The van der Waals surface area contributed by atoms with Gasteiger partial charge in [0.25, 0.3) is 0 Å². The Hall–Kier alpha value is -2.50. The van der Waals surface area contributed by atoms with E-state index in [0.29, 0.717) is 12.2 Å². The topological polar surface area (TPSA) is 59.1 Å². The zero-order valence-corrected chi connectivity index (χ0v) is 12.1. The summed E-state index contributed by atoms with van der Waals surface area (Å²) in [6.45, 7) is 4.24. The maximum atomic E-state index is 12.0. The van der Waals surface area contributed by atoms with Gasteiger partial charge in [-0.2, -0.15) is 5.01 Å². The fourth-order valence-electron chi connectivity index (χ4n) is 1.96. The molecule has 1 aliphatic heterocycles. The Labute approximate surface area is 123 Å². The molecule has 1 heterocycles. The molecular formula is C15H18N2O4. The number of rotatable bonds is 3. The number of hydrogen-bond acceptors (Lipinski definition) is 4. The quantitative estimate of drug-likeness (QED) is 0.859. The molecule has 6 nitrogen and oxygen atoms in total. The lowest BCUT2D eigenvalue weighted by atomic mass is 10.1. The number of nitrogens with zero attached hydrogens (tertiary/aromatic N) is 2. The summed E-state index contributed by atoms with van der Waals surface area (Å²) < 4.78 is 9.88. The van der Waals surface area contributed by atoms with Crippen molar-refractivity contribution in [2.24, 2.45) is 0 Å². The van der Waals surface area contributed by atoms with E-state index in [1.807, 2.05) is 36.4 Å². The third-order valence-electron chi connectivity index (χ3n) is 2.88. The van der Waals surface area contributed by atoms with Crippen LogP contribution in [0, 0.1) is 0 Å². The van der Waals surface area contributed by atoms with Gasteiger partial charge < -0.3 is 9.47 Å². The van der Waals surface area contributed by atoms with E-state index in [9.17, 15) is 9.59 Å². The Morgan fingerprint density at radius 3 is 2.33 bits per heavy atom. The van der Waals surface area contributed by atoms with E-state index >= 15 is 0 Å². The Morgan fingerprint density at radius 2 is 1.71 bits per heavy atom. The maximum Gasteiger partial charge on any atom is 0.433 e. The fourth-order valence-corrected chi connectivity index (χ4v) is 1.96. The molecule has 0 saturated carbocycles. The molecule has 0 N–H and O–H groups in total. The van der Waals surface area contributed by atoms with Gasteiger partial charge in [0.1, 0.15) is 0 Å². The van der Waals surface area contributed by atoms with E-state index in [4.69, 9.17) is 9.47 Å². The SMILES string of the molecule is CCOC(=O)N1C/C(=C\c2ccccc2)N1C(=O)OCC. The van der Waals surface area contributed by atoms with Gasteiger partial charge in [0.05, 0.1) is 25.5 Å². The van der Waals surface area contributed by atoms with Crippen LogP contribution in [0.3, 0.4) is 0 Å². The lowest BCUT2D eigenvalue weighted by Crippen LogP contribution is -2.60. The van der Waals surface area contributed by atoms with Gasteiger partial charge in [-0.3, -0.25) is 0 Å². The number of hydrogen-bond donors (Lipinski definition) is 0. The summed E-state index contributed by atoms with van der Waals surface area (Å²) >= 11 is 0. The Balaban J connectivity index is 2.17. The maximum absolute atomic E-state index is 12.0. The zero-order valence-electron chi connectivity index (χ0n) is 12.1. The van der Waals surface area contributed by atoms with Crippen molar-refractivity contribution in [2.45, 2.75) is 13.8 Å². The number of carbonyl (C=O) groups is 2. The molecular weight excluding hydrogens is 272 g/mol. The molecule has 0 unspecified atom stereocenters. The third-order valence-corrected chi connectivity index (χ3v) is 2.88. The summed E-state index contributed by atoms with van der Waals surface area (Å²) in [6.07, 6.45) is 0.696. The molecule has 1 saturated heterocycles. The average molecular weight is 290 g/mol. The molecule has 0 bridgehead atoms. The third kappa shape index (κ3) is 3.34. The molecule has 0 aromatic heterocycles. The van der Waals surface area contributed by atoms with Gasteiger partial charge in [-0.1, -0.05) is 30.3 Å². The summed E-state index contributed by atoms with van der Waals surface area (Å²) in [5.74, 6) is 0. The summed E-state index contributed by atoms with van der Waals surface area (Å²) in [5, 5.41) is 2.42. The van der Waals surface area contributed by atoms with Crippen LogP contribution in [0.2, 0.25) is 0 Å². The molecule has 2 amide bonds. The van der Waals surface area contributed by atoms with Gasteiger partial charge in [0.2, 0.25) is 0 Å². The number of ether oxygens (including phenoxy) is 2. The molecule has 0 aliphatic carbocycles. The van der Waals surface area contributed by atoms with Crippen LogP contribution in [-0.2, 0) is 9.47 Å². The highest BCUT2D eigenvalue weighted by molar-refractivity contribution is 5.80. The molecule has 1 aromatic carbocycles. The zero-order chi connectivity index (χ0) is 15.2. The van der Waals surface area contributed by atoms with Gasteiger partial charge in [-0.15, -0.1) is 0 Å². The van der Waals surface area contributed by atoms with Gasteiger partial charge in [-0.25, -0.2) is 14.6 Å². The molecule has 112 valence electrons. The fraction of sp³-hybridized carbons (Fsp3) is 0.333. The normalized spacial score (nSPS) is 15.6. The molecule has 21 heavy (non-hydrogen) atoms. The lowest BCUT2D eigenvalue weighted by Gasteiger charge is -2.43. The van der Waals surface area contributed by atoms with Crippen LogP contribution in [0.25, 0.3) is 6.08 Å². The monoisotopic (exact) mass is 290 g/mol. The van der Waals surface area contributed by atoms with E-state index in [1.165, 1.54) is 10.0 Å². The smallest absolute Gasteiger partial charge is 0.433 e. The summed E-state index contributed by atoms with van der Waals surface area (Å²) in [4.78, 5) is 23.7. The highest BCUT2D eigenvalue weighted by atomic mass is 16.6. The molecule has 1 aliphatic rings. The second kappa shape index (κ2) is 6.78. The second-order valence-electron chi connectivity index (χ2n) is 4.31. The number of amides is 2. The summed E-state index contributed by atoms with van der Waals surface area (Å²) in [5.41, 5.74) is 1.64. The predicted octanol–water partition coefficient (Wildman–Crippen LogP) is 2.87. The predicted molar refractivity (Wildman–Crippen MR) is 77.0 cm³/mol. The molecule has 0 radical (unpaired) electrons. The van der Waals surface area contributed by atoms with Crippen molar-refractivity contribution in [1.82, 2.24) is 10.0 Å². The number of benzene rings is 1. The van der Waals surface area contributed by atoms with Gasteiger partial charge in [0, 0.05) is 0 Å². The van der Waals surface area contributed by atoms with E-state index < -0.39 is 12.2 Å². The highest BCUT2D eigenvalue weighted by Crippen LogP contribution is 2.26. The van der Waals surface area contributed by atoms with Crippen molar-refractivity contribution in [3.05, 3.63) is 41.6 Å². The van der Waals surface area contributed by atoms with Crippen molar-refractivity contribution >= 4 is 18.3 Å². The van der Waals surface area contributed by atoms with Crippen molar-refractivity contribution in [3.63, 3.8) is 0 Å². The summed E-state index contributed by atoms with van der Waals surface area (Å²) in [7, 11) is 0. The largest absolute Gasteiger partial charge is 0.448 e. The average Bonchev–Trinajstić information content (AvgIpc) is 2.44. The highest BCUT2D eigenvalue weighted by Gasteiger charge is 2.41. The van der Waals surface area contributed by atoms with E-state index in [1.54, 1.807) is 13.8 Å². The van der Waals surface area contributed by atoms with Crippen LogP contribution in [0.4, 0.5) is 9.59 Å². The van der Waals surface area contributed by atoms with E-state index in [-0.39, 0.29) is 13.2 Å². The first-order valence-electron chi connectivity index (χ1n) is 6.84. The van der Waals surface area contributed by atoms with E-state index in [2.05, 4.69) is 0 Å². The Kier molecular flexibility index (Phi) is 4.81. The number of hydrazine groups is 1. The first-order chi connectivity index (χ1) is 10.2. The van der Waals surface area contributed by atoms with Crippen molar-refractivity contribution < 1.29 is 19.1 Å². The molecule has 0 atom stereocenters. The molecule has 1 aromatic rings. The minimum absolute atomic E-state index is 0.241. The van der Waals surface area contributed by atoms with Crippen LogP contribution >= 0.6 is 0 Å². The molecule has 2 rings (SSSR count). The first kappa shape index (κ1) is 14.9. The van der Waals surface area contributed by atoms with Crippen LogP contribution < -0.4 is 0 Å². The molecule has 0 spiro atoms. The van der Waals surface area contributed by atoms with Crippen molar-refractivity contribution in [1.29, 1.82) is 0 Å². The second-order valence-corrected chi connectivity index (χ2v) is 4.31. The molecule has 6 heteroatoms. The molecule has 1 fully saturated rings. The van der Waals surface area contributed by atoms with Crippen molar-refractivity contribution in [3.8, 4) is 0 Å². The van der Waals surface area contributed by atoms with Crippen LogP contribution in [0.5, 0.6) is 0 Å².